The van der Waals surface area contributed by atoms with E-state index in [4.69, 9.17) is 5.11 Å². The van der Waals surface area contributed by atoms with Crippen molar-refractivity contribution in [3.63, 3.8) is 0 Å². The van der Waals surface area contributed by atoms with Gasteiger partial charge in [0.15, 0.2) is 0 Å². The van der Waals surface area contributed by atoms with Gasteiger partial charge in [-0.2, -0.15) is 5.10 Å². The predicted octanol–water partition coefficient (Wildman–Crippen LogP) is 0.456. The lowest BCUT2D eigenvalue weighted by Gasteiger charge is -2.18. The quantitative estimate of drug-likeness (QED) is 0.747. The Morgan fingerprint density at radius 3 is 2.53 bits per heavy atom. The van der Waals surface area contributed by atoms with Crippen molar-refractivity contribution in [2.45, 2.75) is 27.3 Å². The van der Waals surface area contributed by atoms with Crippen LogP contribution in [0.4, 0.5) is 0 Å². The Morgan fingerprint density at radius 2 is 2.12 bits per heavy atom. The molecule has 0 bridgehead atoms. The molecule has 1 heterocycles. The lowest BCUT2D eigenvalue weighted by Crippen LogP contribution is -2.42. The van der Waals surface area contributed by atoms with Crippen LogP contribution in [0.15, 0.2) is 6.20 Å². The molecule has 17 heavy (non-hydrogen) atoms. The summed E-state index contributed by atoms with van der Waals surface area (Å²) in [6, 6.07) is 0. The predicted molar refractivity (Wildman–Crippen MR) is 61.2 cm³/mol. The lowest BCUT2D eigenvalue weighted by molar-refractivity contribution is -0.153. The van der Waals surface area contributed by atoms with Crippen LogP contribution in [0.3, 0.4) is 0 Å². The number of carboxylic acid groups (broad SMARTS) is 1. The Balaban J connectivity index is 2.66. The van der Waals surface area contributed by atoms with Crippen LogP contribution in [-0.2, 0) is 23.2 Å². The van der Waals surface area contributed by atoms with Gasteiger partial charge in [0.1, 0.15) is 5.41 Å². The largest absolute Gasteiger partial charge is 0.480 e. The van der Waals surface area contributed by atoms with Crippen LogP contribution in [0.5, 0.6) is 0 Å². The Hall–Kier alpha value is -1.85. The number of hydrogen-bond donors (Lipinski definition) is 2. The van der Waals surface area contributed by atoms with E-state index in [2.05, 4.69) is 10.4 Å². The Bertz CT molecular complexity index is 449. The van der Waals surface area contributed by atoms with E-state index in [9.17, 15) is 9.59 Å². The first-order valence-electron chi connectivity index (χ1n) is 5.26. The molecular formula is C11H17N3O3. The number of carbonyl (C=O) groups is 2. The molecule has 0 aliphatic carbocycles. The Morgan fingerprint density at radius 1 is 1.53 bits per heavy atom. The standard InChI is InChI=1S/C11H17N3O3/c1-7-8(6-13-14(7)4)5-12-9(15)11(2,3)10(16)17/h6H,5H2,1-4H3,(H,12,15)(H,16,17). The average Bonchev–Trinajstić information content (AvgIpc) is 2.56. The summed E-state index contributed by atoms with van der Waals surface area (Å²) >= 11 is 0. The van der Waals surface area contributed by atoms with Crippen LogP contribution in [0.1, 0.15) is 25.1 Å². The van der Waals surface area contributed by atoms with E-state index in [1.54, 1.807) is 10.9 Å². The van der Waals surface area contributed by atoms with Gasteiger partial charge >= 0.3 is 5.97 Å². The molecule has 94 valence electrons. The third-order valence-corrected chi connectivity index (χ3v) is 2.88. The van der Waals surface area contributed by atoms with E-state index in [0.717, 1.165) is 11.3 Å². The number of nitrogens with zero attached hydrogens (tertiary/aromatic N) is 2. The van der Waals surface area contributed by atoms with E-state index >= 15 is 0 Å². The molecule has 0 unspecified atom stereocenters. The third kappa shape index (κ3) is 2.64. The number of nitrogens with one attached hydrogen (secondary N) is 1. The zero-order valence-electron chi connectivity index (χ0n) is 10.4. The van der Waals surface area contributed by atoms with Crippen molar-refractivity contribution in [1.82, 2.24) is 15.1 Å². The average molecular weight is 239 g/mol. The Labute approximate surface area is 99.6 Å². The number of amides is 1. The molecule has 6 heteroatoms. The molecule has 0 fully saturated rings. The van der Waals surface area contributed by atoms with Gasteiger partial charge in [0.05, 0.1) is 6.20 Å². The third-order valence-electron chi connectivity index (χ3n) is 2.88. The normalized spacial score (nSPS) is 11.3. The van der Waals surface area contributed by atoms with Crippen molar-refractivity contribution in [1.29, 1.82) is 0 Å². The van der Waals surface area contributed by atoms with Gasteiger partial charge in [-0.15, -0.1) is 0 Å². The van der Waals surface area contributed by atoms with Crippen LogP contribution in [0.2, 0.25) is 0 Å². The molecule has 1 amide bonds. The highest BCUT2D eigenvalue weighted by molar-refractivity contribution is 6.00. The molecule has 0 atom stereocenters. The van der Waals surface area contributed by atoms with E-state index in [1.165, 1.54) is 13.8 Å². The molecule has 0 aromatic carbocycles. The second-order valence-electron chi connectivity index (χ2n) is 4.49. The minimum atomic E-state index is -1.42. The number of aliphatic carboxylic acids is 1. The van der Waals surface area contributed by atoms with Gasteiger partial charge in [0.2, 0.25) is 5.91 Å². The number of carboxylic acids is 1. The van der Waals surface area contributed by atoms with Crippen LogP contribution >= 0.6 is 0 Å². The topological polar surface area (TPSA) is 84.2 Å². The molecule has 6 nitrogen and oxygen atoms in total. The van der Waals surface area contributed by atoms with E-state index < -0.39 is 17.3 Å². The molecule has 0 saturated heterocycles. The molecule has 0 aliphatic heterocycles. The summed E-state index contributed by atoms with van der Waals surface area (Å²) in [6.45, 7) is 4.92. The van der Waals surface area contributed by atoms with Crippen molar-refractivity contribution in [2.24, 2.45) is 12.5 Å². The maximum absolute atomic E-state index is 11.7. The maximum atomic E-state index is 11.7. The smallest absolute Gasteiger partial charge is 0.318 e. The first-order chi connectivity index (χ1) is 7.76. The molecule has 1 aromatic rings. The van der Waals surface area contributed by atoms with E-state index in [-0.39, 0.29) is 6.54 Å². The van der Waals surface area contributed by atoms with E-state index in [1.807, 2.05) is 14.0 Å². The van der Waals surface area contributed by atoms with Crippen LogP contribution in [0, 0.1) is 12.3 Å². The van der Waals surface area contributed by atoms with Gasteiger partial charge in [-0.05, 0) is 20.8 Å². The molecule has 0 spiro atoms. The van der Waals surface area contributed by atoms with Gasteiger partial charge in [0, 0.05) is 24.8 Å². The van der Waals surface area contributed by atoms with Gasteiger partial charge < -0.3 is 10.4 Å². The van der Waals surface area contributed by atoms with Crippen molar-refractivity contribution in [3.8, 4) is 0 Å². The maximum Gasteiger partial charge on any atom is 0.318 e. The summed E-state index contributed by atoms with van der Waals surface area (Å²) in [5.74, 6) is -1.65. The SMILES string of the molecule is Cc1c(CNC(=O)C(C)(C)C(=O)O)cnn1C. The number of aromatic nitrogens is 2. The number of hydrogen-bond acceptors (Lipinski definition) is 3. The summed E-state index contributed by atoms with van der Waals surface area (Å²) in [7, 11) is 1.81. The monoisotopic (exact) mass is 239 g/mol. The highest BCUT2D eigenvalue weighted by Crippen LogP contribution is 2.15. The number of rotatable bonds is 4. The second kappa shape index (κ2) is 4.57. The van der Waals surface area contributed by atoms with E-state index in [0.29, 0.717) is 0 Å². The van der Waals surface area contributed by atoms with Crippen molar-refractivity contribution in [2.75, 3.05) is 0 Å². The Kier molecular flexibility index (Phi) is 3.55. The first kappa shape index (κ1) is 13.2. The summed E-state index contributed by atoms with van der Waals surface area (Å²) in [6.07, 6.45) is 1.66. The zero-order chi connectivity index (χ0) is 13.2. The van der Waals surface area contributed by atoms with Gasteiger partial charge in [-0.3, -0.25) is 14.3 Å². The first-order valence-corrected chi connectivity index (χ1v) is 5.26. The molecule has 1 rings (SSSR count). The molecular weight excluding hydrogens is 222 g/mol. The summed E-state index contributed by atoms with van der Waals surface area (Å²) in [4.78, 5) is 22.5. The fraction of sp³-hybridized carbons (Fsp3) is 0.545. The molecule has 0 saturated carbocycles. The van der Waals surface area contributed by atoms with Gasteiger partial charge in [-0.25, -0.2) is 0 Å². The van der Waals surface area contributed by atoms with Crippen molar-refractivity contribution >= 4 is 11.9 Å². The molecule has 1 aromatic heterocycles. The lowest BCUT2D eigenvalue weighted by atomic mass is 9.92. The highest BCUT2D eigenvalue weighted by Gasteiger charge is 2.35. The van der Waals surface area contributed by atoms with Crippen LogP contribution in [-0.4, -0.2) is 26.8 Å². The molecule has 2 N–H and O–H groups in total. The summed E-state index contributed by atoms with van der Waals surface area (Å²) in [5, 5.41) is 15.5. The number of carbonyl (C=O) groups excluding carboxylic acids is 1. The highest BCUT2D eigenvalue weighted by atomic mass is 16.4. The molecule has 0 radical (unpaired) electrons. The fourth-order valence-electron chi connectivity index (χ4n) is 1.21. The minimum Gasteiger partial charge on any atom is -0.480 e. The van der Waals surface area contributed by atoms with Crippen molar-refractivity contribution < 1.29 is 14.7 Å². The van der Waals surface area contributed by atoms with Gasteiger partial charge in [0.25, 0.3) is 0 Å². The van der Waals surface area contributed by atoms with Crippen LogP contribution in [0.25, 0.3) is 0 Å². The van der Waals surface area contributed by atoms with Gasteiger partial charge in [-0.1, -0.05) is 0 Å². The second-order valence-corrected chi connectivity index (χ2v) is 4.49. The van der Waals surface area contributed by atoms with Crippen molar-refractivity contribution in [3.05, 3.63) is 17.5 Å². The fourth-order valence-corrected chi connectivity index (χ4v) is 1.21. The zero-order valence-corrected chi connectivity index (χ0v) is 10.4. The number of aryl methyl sites for hydroxylation is 1. The van der Waals surface area contributed by atoms with Crippen LogP contribution < -0.4 is 5.32 Å². The summed E-state index contributed by atoms with van der Waals surface area (Å²) in [5.41, 5.74) is 0.399. The minimum absolute atomic E-state index is 0.287. The summed E-state index contributed by atoms with van der Waals surface area (Å²) < 4.78 is 1.70. The molecule has 0 aliphatic rings.